The zero-order valence-electron chi connectivity index (χ0n) is 14.1. The Morgan fingerprint density at radius 1 is 1.08 bits per heavy atom. The minimum atomic E-state index is -0.115. The molecule has 2 aromatic rings. The van der Waals surface area contributed by atoms with Crippen molar-refractivity contribution >= 4 is 11.7 Å². The molecule has 126 valence electrons. The van der Waals surface area contributed by atoms with Crippen molar-refractivity contribution < 1.29 is 4.79 Å². The summed E-state index contributed by atoms with van der Waals surface area (Å²) in [6, 6.07) is 14.0. The fraction of sp³-hybridized carbons (Fsp3) is 0.421. The zero-order chi connectivity index (χ0) is 16.8. The maximum Gasteiger partial charge on any atom is 0.274 e. The lowest BCUT2D eigenvalue weighted by Gasteiger charge is -2.23. The van der Waals surface area contributed by atoms with Crippen molar-refractivity contribution in [2.45, 2.75) is 44.7 Å². The van der Waals surface area contributed by atoms with Gasteiger partial charge in [0.1, 0.15) is 5.82 Å². The molecule has 1 amide bonds. The van der Waals surface area contributed by atoms with Crippen LogP contribution < -0.4 is 5.32 Å². The van der Waals surface area contributed by atoms with Crippen molar-refractivity contribution in [3.8, 4) is 0 Å². The van der Waals surface area contributed by atoms with Gasteiger partial charge in [-0.2, -0.15) is 0 Å². The number of carbonyl (C=O) groups is 1. The van der Waals surface area contributed by atoms with E-state index in [0.717, 1.165) is 11.4 Å². The summed E-state index contributed by atoms with van der Waals surface area (Å²) in [4.78, 5) is 14.1. The molecule has 0 bridgehead atoms. The van der Waals surface area contributed by atoms with Gasteiger partial charge in [-0.05, 0) is 30.5 Å². The largest absolute Gasteiger partial charge is 0.366 e. The van der Waals surface area contributed by atoms with E-state index in [1.165, 1.54) is 32.1 Å². The second kappa shape index (κ2) is 7.90. The molecule has 0 radical (unpaired) electrons. The van der Waals surface area contributed by atoms with Crippen LogP contribution in [0.25, 0.3) is 0 Å². The third-order valence-electron chi connectivity index (χ3n) is 4.45. The minimum absolute atomic E-state index is 0.115. The van der Waals surface area contributed by atoms with Gasteiger partial charge in [0.2, 0.25) is 0 Å². The van der Waals surface area contributed by atoms with E-state index in [-0.39, 0.29) is 5.91 Å². The van der Waals surface area contributed by atoms with Gasteiger partial charge in [0.05, 0.1) is 0 Å². The second-order valence-electron chi connectivity index (χ2n) is 6.43. The van der Waals surface area contributed by atoms with Gasteiger partial charge in [-0.25, -0.2) is 0 Å². The van der Waals surface area contributed by atoms with Crippen LogP contribution in [0.5, 0.6) is 0 Å². The molecule has 1 aromatic carbocycles. The Labute approximate surface area is 143 Å². The van der Waals surface area contributed by atoms with Crippen molar-refractivity contribution in [2.75, 3.05) is 12.4 Å². The number of nitrogens with zero attached hydrogens (tertiary/aromatic N) is 3. The number of hydrogen-bond acceptors (Lipinski definition) is 4. The highest BCUT2D eigenvalue weighted by atomic mass is 16.2. The highest BCUT2D eigenvalue weighted by Gasteiger charge is 2.16. The van der Waals surface area contributed by atoms with Gasteiger partial charge in [0.15, 0.2) is 5.69 Å². The normalized spacial score (nSPS) is 15.0. The average Bonchev–Trinajstić information content (AvgIpc) is 2.63. The standard InChI is InChI=1S/C19H24N4O/c1-23(14-15-8-4-2-5-9-15)19(24)17-12-13-18(22-21-17)20-16-10-6-3-7-11-16/h2,4-5,8-9,12-13,16H,3,6-7,10-11,14H2,1H3,(H,20,22). The molecule has 1 aromatic heterocycles. The molecule has 0 spiro atoms. The van der Waals surface area contributed by atoms with Crippen molar-refractivity contribution in [2.24, 2.45) is 0 Å². The van der Waals surface area contributed by atoms with Gasteiger partial charge in [0.25, 0.3) is 5.91 Å². The van der Waals surface area contributed by atoms with Crippen LogP contribution in [-0.2, 0) is 6.54 Å². The fourth-order valence-corrected chi connectivity index (χ4v) is 3.10. The van der Waals surface area contributed by atoms with Gasteiger partial charge >= 0.3 is 0 Å². The first-order valence-corrected chi connectivity index (χ1v) is 8.62. The summed E-state index contributed by atoms with van der Waals surface area (Å²) in [6.07, 6.45) is 6.23. The van der Waals surface area contributed by atoms with Crippen LogP contribution in [0.4, 0.5) is 5.82 Å². The summed E-state index contributed by atoms with van der Waals surface area (Å²) in [7, 11) is 1.78. The van der Waals surface area contributed by atoms with Crippen LogP contribution in [0.1, 0.15) is 48.2 Å². The van der Waals surface area contributed by atoms with E-state index in [2.05, 4.69) is 15.5 Å². The first kappa shape index (κ1) is 16.4. The lowest BCUT2D eigenvalue weighted by molar-refractivity contribution is 0.0778. The molecule has 1 heterocycles. The fourth-order valence-electron chi connectivity index (χ4n) is 3.10. The van der Waals surface area contributed by atoms with Gasteiger partial charge in [-0.15, -0.1) is 10.2 Å². The third-order valence-corrected chi connectivity index (χ3v) is 4.45. The molecule has 1 N–H and O–H groups in total. The smallest absolute Gasteiger partial charge is 0.274 e. The summed E-state index contributed by atoms with van der Waals surface area (Å²) in [6.45, 7) is 0.559. The zero-order valence-corrected chi connectivity index (χ0v) is 14.1. The van der Waals surface area contributed by atoms with Crippen molar-refractivity contribution in [1.29, 1.82) is 0 Å². The second-order valence-corrected chi connectivity index (χ2v) is 6.43. The van der Waals surface area contributed by atoms with Crippen LogP contribution >= 0.6 is 0 Å². The molecule has 1 fully saturated rings. The van der Waals surface area contributed by atoms with Crippen molar-refractivity contribution in [3.05, 3.63) is 53.7 Å². The number of amides is 1. The summed E-state index contributed by atoms with van der Waals surface area (Å²) >= 11 is 0. The third kappa shape index (κ3) is 4.31. The monoisotopic (exact) mass is 324 g/mol. The van der Waals surface area contributed by atoms with E-state index in [9.17, 15) is 4.79 Å². The lowest BCUT2D eigenvalue weighted by Crippen LogP contribution is -2.27. The predicted octanol–water partition coefficient (Wildman–Crippen LogP) is 3.49. The number of aromatic nitrogens is 2. The van der Waals surface area contributed by atoms with Crippen molar-refractivity contribution in [1.82, 2.24) is 15.1 Å². The molecule has 0 saturated heterocycles. The first-order chi connectivity index (χ1) is 11.7. The van der Waals surface area contributed by atoms with E-state index in [4.69, 9.17) is 0 Å². The van der Waals surface area contributed by atoms with Crippen LogP contribution in [0, 0.1) is 0 Å². The number of carbonyl (C=O) groups excluding carboxylic acids is 1. The molecule has 1 saturated carbocycles. The molecule has 24 heavy (non-hydrogen) atoms. The molecule has 1 aliphatic rings. The van der Waals surface area contributed by atoms with Crippen LogP contribution in [-0.4, -0.2) is 34.1 Å². The molecule has 3 rings (SSSR count). The molecule has 5 nitrogen and oxygen atoms in total. The number of anilines is 1. The molecule has 5 heteroatoms. The van der Waals surface area contributed by atoms with Gasteiger partial charge in [-0.1, -0.05) is 49.6 Å². The Morgan fingerprint density at radius 3 is 2.50 bits per heavy atom. The molecule has 0 unspecified atom stereocenters. The van der Waals surface area contributed by atoms with E-state index < -0.39 is 0 Å². The van der Waals surface area contributed by atoms with E-state index in [1.54, 1.807) is 18.0 Å². The molecule has 0 aliphatic heterocycles. The van der Waals surface area contributed by atoms with Gasteiger partial charge < -0.3 is 10.2 Å². The van der Waals surface area contributed by atoms with Crippen LogP contribution in [0.3, 0.4) is 0 Å². The molecular formula is C19H24N4O. The van der Waals surface area contributed by atoms with E-state index >= 15 is 0 Å². The maximum absolute atomic E-state index is 12.5. The summed E-state index contributed by atoms with van der Waals surface area (Å²) in [5, 5.41) is 11.7. The van der Waals surface area contributed by atoms with Crippen LogP contribution in [0.15, 0.2) is 42.5 Å². The number of rotatable bonds is 5. The van der Waals surface area contributed by atoms with Crippen LogP contribution in [0.2, 0.25) is 0 Å². The number of hydrogen-bond donors (Lipinski definition) is 1. The van der Waals surface area contributed by atoms with E-state index in [0.29, 0.717) is 18.3 Å². The Bertz CT molecular complexity index is 651. The Balaban J connectivity index is 1.58. The Kier molecular flexibility index (Phi) is 5.41. The maximum atomic E-state index is 12.5. The molecular weight excluding hydrogens is 300 g/mol. The van der Waals surface area contributed by atoms with Gasteiger partial charge in [-0.3, -0.25) is 4.79 Å². The number of benzene rings is 1. The Hall–Kier alpha value is -2.43. The van der Waals surface area contributed by atoms with E-state index in [1.807, 2.05) is 36.4 Å². The average molecular weight is 324 g/mol. The molecule has 1 aliphatic carbocycles. The quantitative estimate of drug-likeness (QED) is 0.914. The topological polar surface area (TPSA) is 58.1 Å². The lowest BCUT2D eigenvalue weighted by atomic mass is 9.95. The van der Waals surface area contributed by atoms with Gasteiger partial charge in [0, 0.05) is 19.6 Å². The minimum Gasteiger partial charge on any atom is -0.366 e. The highest BCUT2D eigenvalue weighted by molar-refractivity contribution is 5.92. The summed E-state index contributed by atoms with van der Waals surface area (Å²) in [5.74, 6) is 0.639. The first-order valence-electron chi connectivity index (χ1n) is 8.62. The highest BCUT2D eigenvalue weighted by Crippen LogP contribution is 2.20. The summed E-state index contributed by atoms with van der Waals surface area (Å²) in [5.41, 5.74) is 1.47. The van der Waals surface area contributed by atoms with Crippen molar-refractivity contribution in [3.63, 3.8) is 0 Å². The molecule has 0 atom stereocenters. The predicted molar refractivity (Wildman–Crippen MR) is 94.8 cm³/mol. The summed E-state index contributed by atoms with van der Waals surface area (Å²) < 4.78 is 0. The SMILES string of the molecule is CN(Cc1ccccc1)C(=O)c1ccc(NC2CCCCC2)nn1. The number of nitrogens with one attached hydrogen (secondary N) is 1. The Morgan fingerprint density at radius 2 is 1.83 bits per heavy atom.